The van der Waals surface area contributed by atoms with Crippen LogP contribution in [0.3, 0.4) is 0 Å². The number of thiazole rings is 1. The molecule has 92 valence electrons. The number of rotatable bonds is 5. The fraction of sp³-hybridized carbons (Fsp3) is 0.286. The zero-order valence-corrected chi connectivity index (χ0v) is 11.0. The van der Waals surface area contributed by atoms with Crippen molar-refractivity contribution in [3.63, 3.8) is 0 Å². The maximum absolute atomic E-state index is 8.59. The summed E-state index contributed by atoms with van der Waals surface area (Å²) in [5, 5.41) is 9.50. The Kier molecular flexibility index (Phi) is 4.32. The molecule has 0 aliphatic heterocycles. The molecule has 2 aromatic rings. The number of nitrogens with zero attached hydrogens (tertiary/aromatic N) is 2. The third-order valence-corrected chi connectivity index (χ3v) is 3.49. The first kappa shape index (κ1) is 12.6. The second-order valence-corrected chi connectivity index (χ2v) is 5.04. The zero-order chi connectivity index (χ0) is 12.8. The molecule has 2 rings (SSSR count). The van der Waals surface area contributed by atoms with Gasteiger partial charge in [0.15, 0.2) is 0 Å². The van der Waals surface area contributed by atoms with Crippen LogP contribution in [0.2, 0.25) is 0 Å². The SMILES string of the molecule is CCc1cccc(OCc2ncc(CC#N)s2)c1. The number of benzene rings is 1. The Morgan fingerprint density at radius 2 is 2.33 bits per heavy atom. The second-order valence-electron chi connectivity index (χ2n) is 3.84. The summed E-state index contributed by atoms with van der Waals surface area (Å²) in [7, 11) is 0. The molecule has 1 aromatic carbocycles. The smallest absolute Gasteiger partial charge is 0.140 e. The van der Waals surface area contributed by atoms with Crippen LogP contribution in [0, 0.1) is 11.3 Å². The molecule has 0 amide bonds. The molecule has 0 N–H and O–H groups in total. The van der Waals surface area contributed by atoms with E-state index < -0.39 is 0 Å². The van der Waals surface area contributed by atoms with E-state index in [-0.39, 0.29) is 0 Å². The van der Waals surface area contributed by atoms with Gasteiger partial charge in [0.25, 0.3) is 0 Å². The number of aryl methyl sites for hydroxylation is 1. The van der Waals surface area contributed by atoms with Crippen LogP contribution in [0.5, 0.6) is 5.75 Å². The maximum Gasteiger partial charge on any atom is 0.140 e. The Morgan fingerprint density at radius 3 is 3.11 bits per heavy atom. The number of hydrogen-bond donors (Lipinski definition) is 0. The Bertz CT molecular complexity index is 557. The van der Waals surface area contributed by atoms with Crippen LogP contribution in [0.25, 0.3) is 0 Å². The van der Waals surface area contributed by atoms with Gasteiger partial charge in [-0.3, -0.25) is 0 Å². The number of ether oxygens (including phenoxy) is 1. The van der Waals surface area contributed by atoms with Crippen LogP contribution in [0.1, 0.15) is 22.4 Å². The van der Waals surface area contributed by atoms with Gasteiger partial charge in [-0.05, 0) is 24.1 Å². The molecule has 3 nitrogen and oxygen atoms in total. The van der Waals surface area contributed by atoms with E-state index in [2.05, 4.69) is 24.0 Å². The molecule has 1 heterocycles. The molecule has 0 fully saturated rings. The van der Waals surface area contributed by atoms with Gasteiger partial charge >= 0.3 is 0 Å². The lowest BCUT2D eigenvalue weighted by Gasteiger charge is -2.05. The summed E-state index contributed by atoms with van der Waals surface area (Å²) in [6, 6.07) is 10.2. The molecule has 1 aromatic heterocycles. The van der Waals surface area contributed by atoms with Crippen LogP contribution >= 0.6 is 11.3 Å². The lowest BCUT2D eigenvalue weighted by atomic mass is 10.2. The van der Waals surface area contributed by atoms with Gasteiger partial charge in [0.05, 0.1) is 12.5 Å². The molecule has 18 heavy (non-hydrogen) atoms. The molecular weight excluding hydrogens is 244 g/mol. The molecule has 0 radical (unpaired) electrons. The molecule has 0 atom stereocenters. The topological polar surface area (TPSA) is 45.9 Å². The van der Waals surface area contributed by atoms with Crippen molar-refractivity contribution in [1.82, 2.24) is 4.98 Å². The van der Waals surface area contributed by atoms with Gasteiger partial charge in [-0.15, -0.1) is 11.3 Å². The minimum absolute atomic E-state index is 0.420. The van der Waals surface area contributed by atoms with Gasteiger partial charge in [-0.2, -0.15) is 5.26 Å². The number of nitriles is 1. The van der Waals surface area contributed by atoms with Crippen molar-refractivity contribution in [3.05, 3.63) is 45.9 Å². The average Bonchev–Trinajstić information content (AvgIpc) is 2.85. The van der Waals surface area contributed by atoms with Gasteiger partial charge in [-0.1, -0.05) is 19.1 Å². The van der Waals surface area contributed by atoms with Crippen molar-refractivity contribution < 1.29 is 4.74 Å². The number of aromatic nitrogens is 1. The van der Waals surface area contributed by atoms with Crippen molar-refractivity contribution in [2.24, 2.45) is 0 Å². The van der Waals surface area contributed by atoms with Crippen LogP contribution in [0.15, 0.2) is 30.5 Å². The first-order valence-corrected chi connectivity index (χ1v) is 6.65. The van der Waals surface area contributed by atoms with E-state index in [9.17, 15) is 0 Å². The summed E-state index contributed by atoms with van der Waals surface area (Å²) in [4.78, 5) is 5.22. The Balaban J connectivity index is 1.95. The summed E-state index contributed by atoms with van der Waals surface area (Å²) in [5.41, 5.74) is 1.26. The lowest BCUT2D eigenvalue weighted by Crippen LogP contribution is -1.94. The van der Waals surface area contributed by atoms with Crippen molar-refractivity contribution in [3.8, 4) is 11.8 Å². The van der Waals surface area contributed by atoms with Gasteiger partial charge in [-0.25, -0.2) is 4.98 Å². The third kappa shape index (κ3) is 3.31. The molecule has 0 unspecified atom stereocenters. The van der Waals surface area contributed by atoms with E-state index >= 15 is 0 Å². The lowest BCUT2D eigenvalue weighted by molar-refractivity contribution is 0.305. The minimum Gasteiger partial charge on any atom is -0.486 e. The van der Waals surface area contributed by atoms with Crippen molar-refractivity contribution in [1.29, 1.82) is 5.26 Å². The predicted octanol–water partition coefficient (Wildman–Crippen LogP) is 3.35. The molecular formula is C14H14N2OS. The van der Waals surface area contributed by atoms with E-state index in [4.69, 9.17) is 10.00 Å². The molecule has 0 bridgehead atoms. The standard InChI is InChI=1S/C14H14N2OS/c1-2-11-4-3-5-12(8-11)17-10-14-16-9-13(18-14)6-7-15/h3-5,8-9H,2,6,10H2,1H3. The van der Waals surface area contributed by atoms with Gasteiger partial charge in [0.1, 0.15) is 17.4 Å². The normalized spacial score (nSPS) is 10.0. The molecule has 0 saturated heterocycles. The largest absolute Gasteiger partial charge is 0.486 e. The van der Waals surface area contributed by atoms with Crippen LogP contribution in [-0.2, 0) is 19.4 Å². The maximum atomic E-state index is 8.59. The summed E-state index contributed by atoms with van der Waals surface area (Å²) in [6.07, 6.45) is 3.17. The van der Waals surface area contributed by atoms with E-state index in [1.54, 1.807) is 6.20 Å². The Morgan fingerprint density at radius 1 is 1.44 bits per heavy atom. The van der Waals surface area contributed by atoms with Crippen molar-refractivity contribution in [2.75, 3.05) is 0 Å². The van der Waals surface area contributed by atoms with Gasteiger partial charge in [0.2, 0.25) is 0 Å². The predicted molar refractivity (Wildman–Crippen MR) is 71.6 cm³/mol. The highest BCUT2D eigenvalue weighted by Gasteiger charge is 2.03. The summed E-state index contributed by atoms with van der Waals surface area (Å²) < 4.78 is 5.69. The molecule has 0 spiro atoms. The van der Waals surface area contributed by atoms with E-state index in [1.165, 1.54) is 16.9 Å². The zero-order valence-electron chi connectivity index (χ0n) is 10.2. The summed E-state index contributed by atoms with van der Waals surface area (Å²) in [5.74, 6) is 0.867. The molecule has 0 aliphatic rings. The van der Waals surface area contributed by atoms with Crippen molar-refractivity contribution in [2.45, 2.75) is 26.4 Å². The fourth-order valence-electron chi connectivity index (χ4n) is 1.57. The first-order valence-electron chi connectivity index (χ1n) is 5.84. The van der Waals surface area contributed by atoms with Crippen molar-refractivity contribution >= 4 is 11.3 Å². The van der Waals surface area contributed by atoms with Crippen LogP contribution in [0.4, 0.5) is 0 Å². The highest BCUT2D eigenvalue weighted by molar-refractivity contribution is 7.11. The van der Waals surface area contributed by atoms with E-state index in [0.29, 0.717) is 13.0 Å². The summed E-state index contributed by atoms with van der Waals surface area (Å²) >= 11 is 1.53. The highest BCUT2D eigenvalue weighted by Crippen LogP contribution is 2.18. The molecule has 0 aliphatic carbocycles. The second kappa shape index (κ2) is 6.18. The van der Waals surface area contributed by atoms with E-state index in [1.807, 2.05) is 18.2 Å². The minimum atomic E-state index is 0.420. The third-order valence-electron chi connectivity index (χ3n) is 2.52. The first-order chi connectivity index (χ1) is 8.81. The quantitative estimate of drug-likeness (QED) is 0.826. The van der Waals surface area contributed by atoms with Crippen LogP contribution in [-0.4, -0.2) is 4.98 Å². The van der Waals surface area contributed by atoms with Crippen LogP contribution < -0.4 is 4.74 Å². The average molecular weight is 258 g/mol. The monoisotopic (exact) mass is 258 g/mol. The Hall–Kier alpha value is -1.86. The Labute approximate surface area is 111 Å². The molecule has 0 saturated carbocycles. The fourth-order valence-corrected chi connectivity index (χ4v) is 2.34. The molecule has 4 heteroatoms. The highest BCUT2D eigenvalue weighted by atomic mass is 32.1. The van der Waals surface area contributed by atoms with E-state index in [0.717, 1.165) is 22.1 Å². The summed E-state index contributed by atoms with van der Waals surface area (Å²) in [6.45, 7) is 2.58. The van der Waals surface area contributed by atoms with Gasteiger partial charge < -0.3 is 4.74 Å². The van der Waals surface area contributed by atoms with Gasteiger partial charge in [0, 0.05) is 11.1 Å². The number of hydrogen-bond acceptors (Lipinski definition) is 4.